The molecule has 0 radical (unpaired) electrons. The van der Waals surface area contributed by atoms with Crippen molar-refractivity contribution in [1.29, 1.82) is 0 Å². The Hall–Kier alpha value is -1.29. The molecule has 0 bridgehead atoms. The molecule has 2 N–H and O–H groups in total. The van der Waals surface area contributed by atoms with Crippen LogP contribution in [-0.4, -0.2) is 24.1 Å². The summed E-state index contributed by atoms with van der Waals surface area (Å²) >= 11 is 0. The van der Waals surface area contributed by atoms with Gasteiger partial charge in [-0.25, -0.2) is 0 Å². The molecule has 1 unspecified atom stereocenters. The van der Waals surface area contributed by atoms with Crippen molar-refractivity contribution in [2.24, 2.45) is 5.92 Å². The van der Waals surface area contributed by atoms with Crippen LogP contribution in [0.25, 0.3) is 0 Å². The number of hydrogen-bond donors (Lipinski definition) is 2. The lowest BCUT2D eigenvalue weighted by atomic mass is 10.0. The summed E-state index contributed by atoms with van der Waals surface area (Å²) in [6, 6.07) is 3.65. The molecule has 0 aliphatic heterocycles. The van der Waals surface area contributed by atoms with E-state index in [9.17, 15) is 4.79 Å². The monoisotopic (exact) mass is 210 g/mol. The Morgan fingerprint density at radius 3 is 2.80 bits per heavy atom. The topological polar surface area (TPSA) is 54.1 Å². The van der Waals surface area contributed by atoms with Crippen LogP contribution in [0.2, 0.25) is 0 Å². The quantitative estimate of drug-likeness (QED) is 0.720. The fourth-order valence-electron chi connectivity index (χ4n) is 1.42. The first kappa shape index (κ1) is 11.8. The number of methoxy groups -OCH3 is 1. The summed E-state index contributed by atoms with van der Waals surface area (Å²) in [6.45, 7) is 4.62. The normalized spacial score (nSPS) is 12.8. The highest BCUT2D eigenvalue weighted by Crippen LogP contribution is 2.05. The predicted molar refractivity (Wildman–Crippen MR) is 58.3 cm³/mol. The maximum absolute atomic E-state index is 11.4. The lowest BCUT2D eigenvalue weighted by Gasteiger charge is -2.19. The van der Waals surface area contributed by atoms with E-state index < -0.39 is 0 Å². The van der Waals surface area contributed by atoms with E-state index in [1.165, 1.54) is 7.11 Å². The number of H-pyrrole nitrogens is 1. The lowest BCUT2D eigenvalue weighted by Crippen LogP contribution is -2.41. The molecule has 0 aromatic carbocycles. The van der Waals surface area contributed by atoms with Crippen molar-refractivity contribution in [2.45, 2.75) is 26.4 Å². The second kappa shape index (κ2) is 5.56. The standard InChI is InChI=1S/C11H18N2O2/c1-8(2)10(11(14)15-3)13-7-9-5-4-6-12-9/h4-6,8,10,12-13H,7H2,1-3H3. The van der Waals surface area contributed by atoms with Crippen molar-refractivity contribution in [3.8, 4) is 0 Å². The van der Waals surface area contributed by atoms with Gasteiger partial charge in [-0.15, -0.1) is 0 Å². The molecule has 1 atom stereocenters. The van der Waals surface area contributed by atoms with E-state index in [4.69, 9.17) is 4.74 Å². The molecule has 0 fully saturated rings. The smallest absolute Gasteiger partial charge is 0.323 e. The molecule has 0 amide bonds. The number of ether oxygens (including phenoxy) is 1. The molecule has 1 rings (SSSR count). The molecule has 1 heterocycles. The van der Waals surface area contributed by atoms with Crippen LogP contribution in [0, 0.1) is 5.92 Å². The van der Waals surface area contributed by atoms with E-state index in [0.717, 1.165) is 5.69 Å². The van der Waals surface area contributed by atoms with Crippen LogP contribution in [0.1, 0.15) is 19.5 Å². The molecule has 1 aromatic rings. The third kappa shape index (κ3) is 3.40. The van der Waals surface area contributed by atoms with Crippen LogP contribution in [0.15, 0.2) is 18.3 Å². The number of carbonyl (C=O) groups is 1. The fraction of sp³-hybridized carbons (Fsp3) is 0.545. The molecule has 0 saturated carbocycles. The Morgan fingerprint density at radius 2 is 2.33 bits per heavy atom. The van der Waals surface area contributed by atoms with Gasteiger partial charge in [0.25, 0.3) is 0 Å². The number of nitrogens with one attached hydrogen (secondary N) is 2. The van der Waals surface area contributed by atoms with E-state index in [1.807, 2.05) is 32.2 Å². The average Bonchev–Trinajstić information content (AvgIpc) is 2.70. The molecule has 0 aliphatic rings. The van der Waals surface area contributed by atoms with Crippen LogP contribution in [0.3, 0.4) is 0 Å². The zero-order chi connectivity index (χ0) is 11.3. The van der Waals surface area contributed by atoms with Gasteiger partial charge in [-0.05, 0) is 18.1 Å². The Bertz CT molecular complexity index is 294. The van der Waals surface area contributed by atoms with E-state index in [0.29, 0.717) is 6.54 Å². The van der Waals surface area contributed by atoms with Gasteiger partial charge in [-0.2, -0.15) is 0 Å². The second-order valence-electron chi connectivity index (χ2n) is 3.82. The third-order valence-corrected chi connectivity index (χ3v) is 2.30. The van der Waals surface area contributed by atoms with Crippen LogP contribution >= 0.6 is 0 Å². The Balaban J connectivity index is 2.49. The van der Waals surface area contributed by atoms with Crippen LogP contribution < -0.4 is 5.32 Å². The summed E-state index contributed by atoms with van der Waals surface area (Å²) in [5, 5.41) is 3.17. The summed E-state index contributed by atoms with van der Waals surface area (Å²) in [5.74, 6) is 0.00367. The Morgan fingerprint density at radius 1 is 1.60 bits per heavy atom. The molecule has 4 heteroatoms. The predicted octanol–water partition coefficient (Wildman–Crippen LogP) is 1.30. The number of carbonyl (C=O) groups excluding carboxylic acids is 1. The Labute approximate surface area is 90.0 Å². The van der Waals surface area contributed by atoms with Gasteiger partial charge in [0.2, 0.25) is 0 Å². The minimum atomic E-state index is -0.252. The minimum Gasteiger partial charge on any atom is -0.468 e. The highest BCUT2D eigenvalue weighted by atomic mass is 16.5. The third-order valence-electron chi connectivity index (χ3n) is 2.30. The Kier molecular flexibility index (Phi) is 4.37. The van der Waals surface area contributed by atoms with Crippen molar-refractivity contribution in [3.05, 3.63) is 24.0 Å². The van der Waals surface area contributed by atoms with Crippen LogP contribution in [-0.2, 0) is 16.1 Å². The summed E-state index contributed by atoms with van der Waals surface area (Å²) in [4.78, 5) is 14.5. The van der Waals surface area contributed by atoms with Crippen LogP contribution in [0.5, 0.6) is 0 Å². The van der Waals surface area contributed by atoms with E-state index >= 15 is 0 Å². The van der Waals surface area contributed by atoms with Gasteiger partial charge < -0.3 is 9.72 Å². The number of rotatable bonds is 5. The van der Waals surface area contributed by atoms with E-state index in [1.54, 1.807) is 0 Å². The van der Waals surface area contributed by atoms with Crippen molar-refractivity contribution in [2.75, 3.05) is 7.11 Å². The maximum atomic E-state index is 11.4. The molecule has 4 nitrogen and oxygen atoms in total. The number of aromatic amines is 1. The number of aromatic nitrogens is 1. The summed E-state index contributed by atoms with van der Waals surface area (Å²) < 4.78 is 4.73. The first-order valence-electron chi connectivity index (χ1n) is 5.08. The molecule has 0 aliphatic carbocycles. The minimum absolute atomic E-state index is 0.212. The van der Waals surface area contributed by atoms with Gasteiger partial charge in [-0.1, -0.05) is 13.8 Å². The SMILES string of the molecule is COC(=O)C(NCc1ccc[nH]1)C(C)C. The largest absolute Gasteiger partial charge is 0.468 e. The summed E-state index contributed by atoms with van der Waals surface area (Å²) in [5.41, 5.74) is 1.06. The second-order valence-corrected chi connectivity index (χ2v) is 3.82. The van der Waals surface area contributed by atoms with Crippen LogP contribution in [0.4, 0.5) is 0 Å². The fourth-order valence-corrected chi connectivity index (χ4v) is 1.42. The first-order chi connectivity index (χ1) is 7.15. The highest BCUT2D eigenvalue weighted by molar-refractivity contribution is 5.75. The van der Waals surface area contributed by atoms with Gasteiger partial charge in [0.15, 0.2) is 0 Å². The summed E-state index contributed by atoms with van der Waals surface area (Å²) in [7, 11) is 1.41. The molecule has 15 heavy (non-hydrogen) atoms. The zero-order valence-electron chi connectivity index (χ0n) is 9.41. The molecule has 0 saturated heterocycles. The number of hydrogen-bond acceptors (Lipinski definition) is 3. The van der Waals surface area contributed by atoms with Gasteiger partial charge >= 0.3 is 5.97 Å². The molecule has 84 valence electrons. The number of esters is 1. The molecule has 0 spiro atoms. The van der Waals surface area contributed by atoms with E-state index in [-0.39, 0.29) is 17.9 Å². The molecular weight excluding hydrogens is 192 g/mol. The molecular formula is C11H18N2O2. The van der Waals surface area contributed by atoms with Gasteiger partial charge in [0.05, 0.1) is 7.11 Å². The average molecular weight is 210 g/mol. The first-order valence-corrected chi connectivity index (χ1v) is 5.08. The van der Waals surface area contributed by atoms with E-state index in [2.05, 4.69) is 10.3 Å². The van der Waals surface area contributed by atoms with Crippen molar-refractivity contribution < 1.29 is 9.53 Å². The van der Waals surface area contributed by atoms with Gasteiger partial charge in [0, 0.05) is 18.4 Å². The highest BCUT2D eigenvalue weighted by Gasteiger charge is 2.21. The van der Waals surface area contributed by atoms with Gasteiger partial charge in [-0.3, -0.25) is 10.1 Å². The van der Waals surface area contributed by atoms with Crippen molar-refractivity contribution in [1.82, 2.24) is 10.3 Å². The van der Waals surface area contributed by atoms with Crippen molar-refractivity contribution in [3.63, 3.8) is 0 Å². The van der Waals surface area contributed by atoms with Gasteiger partial charge in [0.1, 0.15) is 6.04 Å². The lowest BCUT2D eigenvalue weighted by molar-refractivity contribution is -0.144. The summed E-state index contributed by atoms with van der Waals surface area (Å²) in [6.07, 6.45) is 1.86. The molecule has 1 aromatic heterocycles. The van der Waals surface area contributed by atoms with Crippen molar-refractivity contribution >= 4 is 5.97 Å². The zero-order valence-corrected chi connectivity index (χ0v) is 9.41. The maximum Gasteiger partial charge on any atom is 0.323 e.